The average Bonchev–Trinajstić information content (AvgIpc) is 3.52. The molecule has 162 valence electrons. The molecule has 3 aromatic rings. The van der Waals surface area contributed by atoms with Crippen LogP contribution in [0, 0.1) is 11.7 Å². The highest BCUT2D eigenvalue weighted by atomic mass is 19.1. The summed E-state index contributed by atoms with van der Waals surface area (Å²) in [5.74, 6) is 0.610. The monoisotopic (exact) mass is 421 g/mol. The van der Waals surface area contributed by atoms with E-state index in [0.29, 0.717) is 30.5 Å². The standard InChI is InChI=1S/C25H28FN3O2/c1-3-28(4-2)25-22(23(27-31-25)19-9-6-5-7-10-19)17-29(16-18-13-14-18)24(30)20-11-8-12-21(26)15-20/h5-12,15,18H,3-4,13-14,16-17H2,1-2H3. The molecule has 31 heavy (non-hydrogen) atoms. The average molecular weight is 422 g/mol. The number of nitrogens with zero attached hydrogens (tertiary/aromatic N) is 3. The SMILES string of the molecule is CCN(CC)c1onc(-c2ccccc2)c1CN(CC1CC1)C(=O)c1cccc(F)c1. The van der Waals surface area contributed by atoms with E-state index in [4.69, 9.17) is 4.52 Å². The van der Waals surface area contributed by atoms with Crippen molar-refractivity contribution in [3.05, 3.63) is 71.5 Å². The third kappa shape index (κ3) is 4.79. The Morgan fingerprint density at radius 3 is 2.48 bits per heavy atom. The molecule has 2 aromatic carbocycles. The Bertz CT molecular complexity index is 1030. The topological polar surface area (TPSA) is 49.6 Å². The lowest BCUT2D eigenvalue weighted by Gasteiger charge is -2.25. The van der Waals surface area contributed by atoms with Gasteiger partial charge in [-0.15, -0.1) is 0 Å². The minimum absolute atomic E-state index is 0.169. The van der Waals surface area contributed by atoms with Gasteiger partial charge in [0.15, 0.2) is 0 Å². The zero-order chi connectivity index (χ0) is 21.8. The minimum atomic E-state index is -0.406. The van der Waals surface area contributed by atoms with Crippen LogP contribution < -0.4 is 4.90 Å². The summed E-state index contributed by atoms with van der Waals surface area (Å²) in [6, 6.07) is 15.8. The smallest absolute Gasteiger partial charge is 0.254 e. The molecule has 0 aliphatic heterocycles. The van der Waals surface area contributed by atoms with Gasteiger partial charge in [-0.1, -0.05) is 41.6 Å². The van der Waals surface area contributed by atoms with Gasteiger partial charge in [0.25, 0.3) is 5.91 Å². The summed E-state index contributed by atoms with van der Waals surface area (Å²) < 4.78 is 19.6. The van der Waals surface area contributed by atoms with Gasteiger partial charge in [-0.25, -0.2) is 4.39 Å². The summed E-state index contributed by atoms with van der Waals surface area (Å²) in [4.78, 5) is 17.3. The number of rotatable bonds is 9. The molecule has 0 radical (unpaired) electrons. The fourth-order valence-corrected chi connectivity index (χ4v) is 3.85. The van der Waals surface area contributed by atoms with E-state index in [1.165, 1.54) is 12.1 Å². The molecule has 1 aliphatic rings. The van der Waals surface area contributed by atoms with E-state index in [-0.39, 0.29) is 5.91 Å². The second kappa shape index (κ2) is 9.33. The van der Waals surface area contributed by atoms with Crippen LogP contribution in [0.15, 0.2) is 59.1 Å². The number of halogens is 1. The molecule has 0 atom stereocenters. The highest BCUT2D eigenvalue weighted by Gasteiger charge is 2.30. The van der Waals surface area contributed by atoms with E-state index in [2.05, 4.69) is 23.9 Å². The van der Waals surface area contributed by atoms with Crippen molar-refractivity contribution in [1.29, 1.82) is 0 Å². The first-order chi connectivity index (χ1) is 15.1. The van der Waals surface area contributed by atoms with Gasteiger partial charge in [-0.3, -0.25) is 4.79 Å². The Labute approximate surface area is 182 Å². The second-order valence-electron chi connectivity index (χ2n) is 7.99. The Hall–Kier alpha value is -3.15. The predicted molar refractivity (Wildman–Crippen MR) is 119 cm³/mol. The summed E-state index contributed by atoms with van der Waals surface area (Å²) in [7, 11) is 0. The van der Waals surface area contributed by atoms with Crippen molar-refractivity contribution in [3.63, 3.8) is 0 Å². The van der Waals surface area contributed by atoms with Crippen molar-refractivity contribution >= 4 is 11.8 Å². The van der Waals surface area contributed by atoms with Gasteiger partial charge in [0, 0.05) is 30.8 Å². The molecule has 1 amide bonds. The van der Waals surface area contributed by atoms with E-state index in [1.54, 1.807) is 12.1 Å². The molecule has 1 aliphatic carbocycles. The van der Waals surface area contributed by atoms with Crippen LogP contribution in [0.1, 0.15) is 42.6 Å². The summed E-state index contributed by atoms with van der Waals surface area (Å²) in [6.45, 7) is 6.69. The van der Waals surface area contributed by atoms with Crippen LogP contribution in [-0.2, 0) is 6.54 Å². The number of anilines is 1. The van der Waals surface area contributed by atoms with Crippen molar-refractivity contribution in [2.24, 2.45) is 5.92 Å². The lowest BCUT2D eigenvalue weighted by Crippen LogP contribution is -2.33. The number of hydrogen-bond acceptors (Lipinski definition) is 4. The quantitative estimate of drug-likeness (QED) is 0.465. The Kier molecular flexibility index (Phi) is 6.35. The minimum Gasteiger partial charge on any atom is -0.341 e. The molecule has 0 N–H and O–H groups in total. The number of benzene rings is 2. The maximum Gasteiger partial charge on any atom is 0.254 e. The van der Waals surface area contributed by atoms with E-state index < -0.39 is 5.82 Å². The van der Waals surface area contributed by atoms with Crippen molar-refractivity contribution in [2.75, 3.05) is 24.5 Å². The third-order valence-corrected chi connectivity index (χ3v) is 5.75. The maximum absolute atomic E-state index is 13.8. The summed E-state index contributed by atoms with van der Waals surface area (Å²) in [5.41, 5.74) is 2.95. The molecule has 1 saturated carbocycles. The highest BCUT2D eigenvalue weighted by molar-refractivity contribution is 5.94. The van der Waals surface area contributed by atoms with Crippen LogP contribution in [0.4, 0.5) is 10.3 Å². The van der Waals surface area contributed by atoms with Crippen LogP contribution in [0.2, 0.25) is 0 Å². The summed E-state index contributed by atoms with van der Waals surface area (Å²) in [6.07, 6.45) is 2.23. The molecule has 4 rings (SSSR count). The van der Waals surface area contributed by atoms with E-state index in [9.17, 15) is 9.18 Å². The molecule has 1 fully saturated rings. The lowest BCUT2D eigenvalue weighted by molar-refractivity contribution is 0.0734. The van der Waals surface area contributed by atoms with Crippen LogP contribution in [0.25, 0.3) is 11.3 Å². The zero-order valence-electron chi connectivity index (χ0n) is 18.1. The lowest BCUT2D eigenvalue weighted by atomic mass is 10.1. The normalized spacial score (nSPS) is 13.3. The van der Waals surface area contributed by atoms with Gasteiger partial charge < -0.3 is 14.3 Å². The zero-order valence-corrected chi connectivity index (χ0v) is 18.1. The number of carbonyl (C=O) groups excluding carboxylic acids is 1. The second-order valence-corrected chi connectivity index (χ2v) is 7.99. The van der Waals surface area contributed by atoms with Crippen LogP contribution >= 0.6 is 0 Å². The fraction of sp³-hybridized carbons (Fsp3) is 0.360. The fourth-order valence-electron chi connectivity index (χ4n) is 3.85. The van der Waals surface area contributed by atoms with E-state index >= 15 is 0 Å². The van der Waals surface area contributed by atoms with Crippen molar-refractivity contribution in [1.82, 2.24) is 10.1 Å². The first-order valence-electron chi connectivity index (χ1n) is 10.9. The predicted octanol–water partition coefficient (Wildman–Crippen LogP) is 5.38. The van der Waals surface area contributed by atoms with Gasteiger partial charge in [-0.2, -0.15) is 0 Å². The molecule has 1 heterocycles. The molecule has 6 heteroatoms. The summed E-state index contributed by atoms with van der Waals surface area (Å²) >= 11 is 0. The molecule has 1 aromatic heterocycles. The Morgan fingerprint density at radius 1 is 1.10 bits per heavy atom. The van der Waals surface area contributed by atoms with Gasteiger partial charge in [0.05, 0.1) is 12.1 Å². The molecular weight excluding hydrogens is 393 g/mol. The molecule has 5 nitrogen and oxygen atoms in total. The maximum atomic E-state index is 13.8. The number of amides is 1. The van der Waals surface area contributed by atoms with Crippen molar-refractivity contribution < 1.29 is 13.7 Å². The molecular formula is C25H28FN3O2. The molecule has 0 spiro atoms. The molecule has 0 unspecified atom stereocenters. The summed E-state index contributed by atoms with van der Waals surface area (Å²) in [5, 5.41) is 4.38. The van der Waals surface area contributed by atoms with Crippen molar-refractivity contribution in [3.8, 4) is 11.3 Å². The van der Waals surface area contributed by atoms with Gasteiger partial charge >= 0.3 is 0 Å². The van der Waals surface area contributed by atoms with Crippen molar-refractivity contribution in [2.45, 2.75) is 33.2 Å². The largest absolute Gasteiger partial charge is 0.341 e. The first-order valence-corrected chi connectivity index (χ1v) is 10.9. The number of carbonyl (C=O) groups is 1. The van der Waals surface area contributed by atoms with Crippen LogP contribution in [0.3, 0.4) is 0 Å². The number of hydrogen-bond donors (Lipinski definition) is 0. The molecule has 0 saturated heterocycles. The first kappa shape index (κ1) is 21.1. The van der Waals surface area contributed by atoms with Crippen LogP contribution in [-0.4, -0.2) is 35.6 Å². The Morgan fingerprint density at radius 2 is 1.84 bits per heavy atom. The third-order valence-electron chi connectivity index (χ3n) is 5.75. The van der Waals surface area contributed by atoms with Gasteiger partial charge in [0.2, 0.25) is 5.88 Å². The Balaban J connectivity index is 1.73. The number of aromatic nitrogens is 1. The van der Waals surface area contributed by atoms with Gasteiger partial charge in [-0.05, 0) is 50.8 Å². The van der Waals surface area contributed by atoms with Gasteiger partial charge in [0.1, 0.15) is 11.5 Å². The van der Waals surface area contributed by atoms with E-state index in [0.717, 1.165) is 42.8 Å². The van der Waals surface area contributed by atoms with E-state index in [1.807, 2.05) is 35.2 Å². The van der Waals surface area contributed by atoms with Crippen LogP contribution in [0.5, 0.6) is 0 Å². The highest BCUT2D eigenvalue weighted by Crippen LogP contribution is 2.35. The molecule has 0 bridgehead atoms.